The number of hydrogen-bond donors (Lipinski definition) is 2. The van der Waals surface area contributed by atoms with Gasteiger partial charge in [-0.3, -0.25) is 0 Å². The number of β-amino-alcohol motifs (C(OH)–C–C–N with tert-alkyl or cyclic N) is 1. The predicted molar refractivity (Wildman–Crippen MR) is 60.9 cm³/mol. The van der Waals surface area contributed by atoms with Crippen LogP contribution in [0.2, 0.25) is 0 Å². The van der Waals surface area contributed by atoms with E-state index in [9.17, 15) is 5.11 Å². The molecular weight excluding hydrogens is 234 g/mol. The van der Waals surface area contributed by atoms with Crippen LogP contribution in [0.4, 0.5) is 0 Å². The van der Waals surface area contributed by atoms with Gasteiger partial charge in [-0.05, 0) is 25.7 Å². The van der Waals surface area contributed by atoms with Gasteiger partial charge in [0.05, 0.1) is 30.3 Å². The normalized spacial score (nSPS) is 42.8. The maximum absolute atomic E-state index is 9.49. The largest absolute Gasteiger partial charge is 0.392 e. The third kappa shape index (κ3) is 1.67. The van der Waals surface area contributed by atoms with Crippen molar-refractivity contribution in [3.8, 4) is 0 Å². The number of aliphatic hydroxyl groups is 1. The third-order valence-corrected chi connectivity index (χ3v) is 4.30. The molecule has 2 bridgehead atoms. The second kappa shape index (κ2) is 4.01. The Labute approximate surface area is 105 Å². The predicted octanol–water partition coefficient (Wildman–Crippen LogP) is 0.500. The molecule has 4 heterocycles. The quantitative estimate of drug-likeness (QED) is 0.796. The molecular formula is C12H17N3O3. The zero-order chi connectivity index (χ0) is 12.1. The fraction of sp³-hybridized carbons (Fsp3) is 0.833. The van der Waals surface area contributed by atoms with Gasteiger partial charge in [0.1, 0.15) is 0 Å². The molecule has 3 aliphatic rings. The van der Waals surface area contributed by atoms with Gasteiger partial charge in [-0.15, -0.1) is 0 Å². The summed E-state index contributed by atoms with van der Waals surface area (Å²) < 4.78 is 11.1. The molecule has 3 fully saturated rings. The first-order chi connectivity index (χ1) is 8.79. The minimum absolute atomic E-state index is 0.000703. The summed E-state index contributed by atoms with van der Waals surface area (Å²) >= 11 is 0. The average Bonchev–Trinajstić information content (AvgIpc) is 3.12. The number of fused-ring (bicyclic) bond motifs is 2. The van der Waals surface area contributed by atoms with Crippen LogP contribution in [0.1, 0.15) is 49.4 Å². The van der Waals surface area contributed by atoms with Crippen LogP contribution in [-0.4, -0.2) is 40.1 Å². The molecule has 6 heteroatoms. The minimum Gasteiger partial charge on any atom is -0.392 e. The molecule has 1 aromatic rings. The van der Waals surface area contributed by atoms with E-state index in [0.717, 1.165) is 18.7 Å². The lowest BCUT2D eigenvalue weighted by Crippen LogP contribution is -2.17. The Balaban J connectivity index is 1.52. The van der Waals surface area contributed by atoms with Crippen LogP contribution in [0, 0.1) is 0 Å². The second-order valence-electron chi connectivity index (χ2n) is 5.56. The minimum atomic E-state index is -0.309. The van der Waals surface area contributed by atoms with E-state index in [0.29, 0.717) is 30.9 Å². The maximum atomic E-state index is 9.49. The zero-order valence-corrected chi connectivity index (χ0v) is 10.1. The molecule has 4 rings (SSSR count). The van der Waals surface area contributed by atoms with E-state index in [1.54, 1.807) is 0 Å². The SMILES string of the molecule is O[C@@H]1CN[C@H](c2nc(C3CC4CCC3O4)no2)C1. The Kier molecular flexibility index (Phi) is 2.43. The van der Waals surface area contributed by atoms with Gasteiger partial charge in [0.25, 0.3) is 0 Å². The van der Waals surface area contributed by atoms with Gasteiger partial charge in [-0.1, -0.05) is 5.16 Å². The van der Waals surface area contributed by atoms with Crippen molar-refractivity contribution in [1.29, 1.82) is 0 Å². The van der Waals surface area contributed by atoms with E-state index in [1.165, 1.54) is 6.42 Å². The highest BCUT2D eigenvalue weighted by Gasteiger charge is 2.44. The van der Waals surface area contributed by atoms with Crippen LogP contribution < -0.4 is 5.32 Å². The maximum Gasteiger partial charge on any atom is 0.243 e. The molecule has 0 radical (unpaired) electrons. The molecule has 18 heavy (non-hydrogen) atoms. The Hall–Kier alpha value is -0.980. The lowest BCUT2D eigenvalue weighted by atomic mass is 9.89. The number of hydrogen-bond acceptors (Lipinski definition) is 6. The number of ether oxygens (including phenoxy) is 1. The molecule has 3 unspecified atom stereocenters. The molecule has 3 saturated heterocycles. The van der Waals surface area contributed by atoms with Gasteiger partial charge in [0.2, 0.25) is 5.89 Å². The van der Waals surface area contributed by atoms with Crippen LogP contribution in [0.25, 0.3) is 0 Å². The molecule has 0 amide bonds. The van der Waals surface area contributed by atoms with Crippen molar-refractivity contribution in [2.45, 2.75) is 56.0 Å². The molecule has 0 aromatic carbocycles. The molecule has 6 nitrogen and oxygen atoms in total. The molecule has 1 aromatic heterocycles. The lowest BCUT2D eigenvalue weighted by Gasteiger charge is -2.13. The fourth-order valence-corrected chi connectivity index (χ4v) is 3.35. The summed E-state index contributed by atoms with van der Waals surface area (Å²) in [6.07, 6.45) is 4.31. The van der Waals surface area contributed by atoms with E-state index in [4.69, 9.17) is 9.26 Å². The topological polar surface area (TPSA) is 80.4 Å². The zero-order valence-electron chi connectivity index (χ0n) is 10.1. The van der Waals surface area contributed by atoms with Crippen LogP contribution in [0.5, 0.6) is 0 Å². The van der Waals surface area contributed by atoms with E-state index in [1.807, 2.05) is 0 Å². The molecule has 0 spiro atoms. The van der Waals surface area contributed by atoms with E-state index < -0.39 is 0 Å². The number of rotatable bonds is 2. The molecule has 3 aliphatic heterocycles. The first kappa shape index (κ1) is 10.9. The summed E-state index contributed by atoms with van der Waals surface area (Å²) in [6, 6.07) is 0.000703. The number of nitrogens with one attached hydrogen (secondary N) is 1. The van der Waals surface area contributed by atoms with Crippen LogP contribution in [0.15, 0.2) is 4.52 Å². The number of aliphatic hydroxyl groups excluding tert-OH is 1. The lowest BCUT2D eigenvalue weighted by molar-refractivity contribution is 0.0996. The monoisotopic (exact) mass is 251 g/mol. The van der Waals surface area contributed by atoms with Gasteiger partial charge < -0.3 is 19.7 Å². The van der Waals surface area contributed by atoms with Crippen molar-refractivity contribution < 1.29 is 14.4 Å². The summed E-state index contributed by atoms with van der Waals surface area (Å²) in [5.74, 6) is 1.68. The summed E-state index contributed by atoms with van der Waals surface area (Å²) in [5, 5.41) is 16.8. The van der Waals surface area contributed by atoms with Gasteiger partial charge >= 0.3 is 0 Å². The smallest absolute Gasteiger partial charge is 0.243 e. The Morgan fingerprint density at radius 3 is 2.89 bits per heavy atom. The molecule has 5 atom stereocenters. The highest BCUT2D eigenvalue weighted by atomic mass is 16.5. The van der Waals surface area contributed by atoms with Crippen molar-refractivity contribution in [2.24, 2.45) is 0 Å². The van der Waals surface area contributed by atoms with E-state index >= 15 is 0 Å². The van der Waals surface area contributed by atoms with Crippen molar-refractivity contribution >= 4 is 0 Å². The van der Waals surface area contributed by atoms with Gasteiger partial charge in [-0.2, -0.15) is 4.98 Å². The second-order valence-corrected chi connectivity index (χ2v) is 5.56. The standard InChI is InChI=1S/C12H17N3O3/c16-6-3-9(13-5-6)12-14-11(15-18-12)8-4-7-1-2-10(8)17-7/h6-10,13,16H,1-5H2/t6-,7?,8?,9-,10?/m0/s1. The molecule has 2 N–H and O–H groups in total. The van der Waals surface area contributed by atoms with Crippen molar-refractivity contribution in [3.63, 3.8) is 0 Å². The third-order valence-electron chi connectivity index (χ3n) is 4.30. The highest BCUT2D eigenvalue weighted by molar-refractivity contribution is 5.08. The van der Waals surface area contributed by atoms with Crippen molar-refractivity contribution in [3.05, 3.63) is 11.7 Å². The number of nitrogens with zero attached hydrogens (tertiary/aromatic N) is 2. The van der Waals surface area contributed by atoms with Gasteiger partial charge in [0.15, 0.2) is 5.82 Å². The molecule has 98 valence electrons. The summed E-state index contributed by atoms with van der Waals surface area (Å²) in [7, 11) is 0. The van der Waals surface area contributed by atoms with E-state index in [2.05, 4.69) is 15.5 Å². The van der Waals surface area contributed by atoms with Crippen LogP contribution in [0.3, 0.4) is 0 Å². The summed E-state index contributed by atoms with van der Waals surface area (Å²) in [4.78, 5) is 4.50. The molecule has 0 aliphatic carbocycles. The Morgan fingerprint density at radius 2 is 2.22 bits per heavy atom. The first-order valence-electron chi connectivity index (χ1n) is 6.70. The Morgan fingerprint density at radius 1 is 1.28 bits per heavy atom. The van der Waals surface area contributed by atoms with Crippen molar-refractivity contribution in [2.75, 3.05) is 6.54 Å². The fourth-order valence-electron chi connectivity index (χ4n) is 3.35. The Bertz CT molecular complexity index is 450. The summed E-state index contributed by atoms with van der Waals surface area (Å²) in [6.45, 7) is 0.597. The number of aromatic nitrogens is 2. The average molecular weight is 251 g/mol. The van der Waals surface area contributed by atoms with Crippen LogP contribution in [-0.2, 0) is 4.74 Å². The van der Waals surface area contributed by atoms with Gasteiger partial charge in [-0.25, -0.2) is 0 Å². The van der Waals surface area contributed by atoms with Crippen LogP contribution >= 0.6 is 0 Å². The van der Waals surface area contributed by atoms with Gasteiger partial charge in [0, 0.05) is 6.54 Å². The summed E-state index contributed by atoms with van der Waals surface area (Å²) in [5.41, 5.74) is 0. The highest BCUT2D eigenvalue weighted by Crippen LogP contribution is 2.43. The molecule has 0 saturated carbocycles. The van der Waals surface area contributed by atoms with E-state index in [-0.39, 0.29) is 18.2 Å². The van der Waals surface area contributed by atoms with Crippen molar-refractivity contribution in [1.82, 2.24) is 15.5 Å². The first-order valence-corrected chi connectivity index (χ1v) is 6.70.